The van der Waals surface area contributed by atoms with E-state index >= 15 is 0 Å². The van der Waals surface area contributed by atoms with E-state index in [9.17, 15) is 0 Å². The van der Waals surface area contributed by atoms with Crippen LogP contribution in [-0.2, 0) is 4.74 Å². The van der Waals surface area contributed by atoms with Crippen LogP contribution in [0.4, 0.5) is 5.69 Å². The standard InChI is InChI=1S/C14H23N3O2.HI/c1-11(2)10-19-8-7-16-14(15)17-12-5-4-6-13(9-12)18-3;/h4-6,9,11H,7-8,10H2,1-3H3,(H3,15,16,17);1H. The first-order valence-electron chi connectivity index (χ1n) is 6.40. The van der Waals surface area contributed by atoms with E-state index in [0.717, 1.165) is 18.0 Å². The second-order valence-electron chi connectivity index (χ2n) is 4.59. The van der Waals surface area contributed by atoms with Crippen LogP contribution in [0.1, 0.15) is 13.8 Å². The van der Waals surface area contributed by atoms with E-state index in [1.807, 2.05) is 24.3 Å². The molecule has 1 aromatic rings. The van der Waals surface area contributed by atoms with Gasteiger partial charge < -0.3 is 20.5 Å². The van der Waals surface area contributed by atoms with E-state index in [4.69, 9.17) is 15.2 Å². The highest BCUT2D eigenvalue weighted by Gasteiger charge is 1.97. The lowest BCUT2D eigenvalue weighted by molar-refractivity contribution is 0.117. The molecule has 3 N–H and O–H groups in total. The number of halogens is 1. The monoisotopic (exact) mass is 393 g/mol. The minimum absolute atomic E-state index is 0. The fourth-order valence-corrected chi connectivity index (χ4v) is 1.44. The molecule has 5 nitrogen and oxygen atoms in total. The summed E-state index contributed by atoms with van der Waals surface area (Å²) in [7, 11) is 1.63. The van der Waals surface area contributed by atoms with Gasteiger partial charge in [-0.15, -0.1) is 24.0 Å². The van der Waals surface area contributed by atoms with Crippen molar-refractivity contribution in [3.05, 3.63) is 24.3 Å². The molecule has 1 aromatic carbocycles. The third-order valence-electron chi connectivity index (χ3n) is 2.31. The number of nitrogens with zero attached hydrogens (tertiary/aromatic N) is 1. The van der Waals surface area contributed by atoms with Crippen LogP contribution in [0.3, 0.4) is 0 Å². The molecule has 0 aliphatic carbocycles. The summed E-state index contributed by atoms with van der Waals surface area (Å²) in [6.45, 7) is 6.11. The van der Waals surface area contributed by atoms with Gasteiger partial charge in [0.15, 0.2) is 5.96 Å². The smallest absolute Gasteiger partial charge is 0.193 e. The van der Waals surface area contributed by atoms with Gasteiger partial charge in [0.25, 0.3) is 0 Å². The molecule has 0 aromatic heterocycles. The lowest BCUT2D eigenvalue weighted by Crippen LogP contribution is -2.23. The molecule has 0 aliphatic heterocycles. The van der Waals surface area contributed by atoms with Crippen LogP contribution in [0.15, 0.2) is 29.3 Å². The molecule has 0 heterocycles. The molecule has 0 aliphatic rings. The van der Waals surface area contributed by atoms with Crippen molar-refractivity contribution >= 4 is 35.6 Å². The molecule has 20 heavy (non-hydrogen) atoms. The summed E-state index contributed by atoms with van der Waals surface area (Å²) < 4.78 is 10.6. The van der Waals surface area contributed by atoms with Crippen molar-refractivity contribution in [2.45, 2.75) is 13.8 Å². The third kappa shape index (κ3) is 8.21. The van der Waals surface area contributed by atoms with E-state index < -0.39 is 0 Å². The number of nitrogens with two attached hydrogens (primary N) is 1. The summed E-state index contributed by atoms with van der Waals surface area (Å²) in [6.07, 6.45) is 0. The molecule has 1 rings (SSSR count). The van der Waals surface area contributed by atoms with Gasteiger partial charge in [-0.2, -0.15) is 0 Å². The average molecular weight is 393 g/mol. The topological polar surface area (TPSA) is 68.9 Å². The fourth-order valence-electron chi connectivity index (χ4n) is 1.44. The van der Waals surface area contributed by atoms with Crippen LogP contribution in [-0.4, -0.2) is 32.8 Å². The van der Waals surface area contributed by atoms with Gasteiger partial charge in [0.1, 0.15) is 5.75 Å². The molecule has 0 unspecified atom stereocenters. The Balaban J connectivity index is 0.00000361. The Kier molecular flexibility index (Phi) is 10.2. The maximum Gasteiger partial charge on any atom is 0.193 e. The van der Waals surface area contributed by atoms with Crippen molar-refractivity contribution in [1.82, 2.24) is 0 Å². The Morgan fingerprint density at radius 2 is 2.15 bits per heavy atom. The number of hydrogen-bond acceptors (Lipinski definition) is 3. The largest absolute Gasteiger partial charge is 0.497 e. The summed E-state index contributed by atoms with van der Waals surface area (Å²) in [6, 6.07) is 7.52. The molecular weight excluding hydrogens is 369 g/mol. The van der Waals surface area contributed by atoms with Crippen molar-refractivity contribution in [2.24, 2.45) is 16.6 Å². The lowest BCUT2D eigenvalue weighted by atomic mass is 10.2. The minimum atomic E-state index is 0. The van der Waals surface area contributed by atoms with Gasteiger partial charge in [-0.3, -0.25) is 4.99 Å². The molecule has 0 saturated carbocycles. The Morgan fingerprint density at radius 3 is 2.80 bits per heavy atom. The second-order valence-corrected chi connectivity index (χ2v) is 4.59. The van der Waals surface area contributed by atoms with E-state index in [-0.39, 0.29) is 24.0 Å². The predicted molar refractivity (Wildman–Crippen MR) is 94.2 cm³/mol. The summed E-state index contributed by atoms with van der Waals surface area (Å²) in [5, 5.41) is 3.01. The fraction of sp³-hybridized carbons (Fsp3) is 0.500. The second kappa shape index (κ2) is 10.7. The molecule has 0 fully saturated rings. The van der Waals surface area contributed by atoms with Crippen molar-refractivity contribution in [1.29, 1.82) is 0 Å². The van der Waals surface area contributed by atoms with Crippen LogP contribution < -0.4 is 15.8 Å². The minimum Gasteiger partial charge on any atom is -0.497 e. The van der Waals surface area contributed by atoms with Crippen LogP contribution >= 0.6 is 24.0 Å². The summed E-state index contributed by atoms with van der Waals surface area (Å²) in [4.78, 5) is 4.19. The molecule has 0 amide bonds. The highest BCUT2D eigenvalue weighted by Crippen LogP contribution is 2.16. The molecule has 114 valence electrons. The molecular formula is C14H24IN3O2. The first-order valence-corrected chi connectivity index (χ1v) is 6.40. The van der Waals surface area contributed by atoms with Crippen molar-refractivity contribution < 1.29 is 9.47 Å². The quantitative estimate of drug-likeness (QED) is 0.324. The zero-order chi connectivity index (χ0) is 14.1. The first kappa shape index (κ1) is 19.0. The SMILES string of the molecule is COc1cccc(NC(N)=NCCOCC(C)C)c1.I. The zero-order valence-corrected chi connectivity index (χ0v) is 14.6. The predicted octanol–water partition coefficient (Wildman–Crippen LogP) is 2.71. The lowest BCUT2D eigenvalue weighted by Gasteiger charge is -2.08. The van der Waals surface area contributed by atoms with Gasteiger partial charge in [-0.25, -0.2) is 0 Å². The van der Waals surface area contributed by atoms with Crippen LogP contribution in [0, 0.1) is 5.92 Å². The van der Waals surface area contributed by atoms with Gasteiger partial charge in [0.2, 0.25) is 0 Å². The van der Waals surface area contributed by atoms with Gasteiger partial charge in [0.05, 0.1) is 20.3 Å². The highest BCUT2D eigenvalue weighted by molar-refractivity contribution is 14.0. The molecule has 0 spiro atoms. The number of aliphatic imine (C=N–C) groups is 1. The number of hydrogen-bond donors (Lipinski definition) is 2. The first-order chi connectivity index (χ1) is 9.11. The summed E-state index contributed by atoms with van der Waals surface area (Å²) in [5.74, 6) is 1.69. The number of nitrogens with one attached hydrogen (secondary N) is 1. The Bertz CT molecular complexity index is 411. The van der Waals surface area contributed by atoms with E-state index in [1.54, 1.807) is 7.11 Å². The Hall–Kier alpha value is -1.02. The third-order valence-corrected chi connectivity index (χ3v) is 2.31. The van der Waals surface area contributed by atoms with Gasteiger partial charge in [-0.05, 0) is 18.1 Å². The number of benzene rings is 1. The Morgan fingerprint density at radius 1 is 1.40 bits per heavy atom. The average Bonchev–Trinajstić information content (AvgIpc) is 2.38. The number of guanidine groups is 1. The van der Waals surface area contributed by atoms with Crippen molar-refractivity contribution in [3.63, 3.8) is 0 Å². The maximum absolute atomic E-state index is 5.78. The van der Waals surface area contributed by atoms with Crippen LogP contribution in [0.2, 0.25) is 0 Å². The van der Waals surface area contributed by atoms with Gasteiger partial charge in [-0.1, -0.05) is 19.9 Å². The molecule has 0 saturated heterocycles. The maximum atomic E-state index is 5.78. The molecule has 0 bridgehead atoms. The number of methoxy groups -OCH3 is 1. The normalized spacial score (nSPS) is 11.1. The molecule has 0 radical (unpaired) electrons. The van der Waals surface area contributed by atoms with Gasteiger partial charge >= 0.3 is 0 Å². The molecule has 6 heteroatoms. The van der Waals surface area contributed by atoms with E-state index in [2.05, 4.69) is 24.2 Å². The van der Waals surface area contributed by atoms with Crippen LogP contribution in [0.25, 0.3) is 0 Å². The van der Waals surface area contributed by atoms with Crippen molar-refractivity contribution in [3.8, 4) is 5.75 Å². The van der Waals surface area contributed by atoms with Gasteiger partial charge in [0, 0.05) is 18.4 Å². The zero-order valence-electron chi connectivity index (χ0n) is 12.3. The molecule has 0 atom stereocenters. The summed E-state index contributed by atoms with van der Waals surface area (Å²) in [5.41, 5.74) is 6.63. The summed E-state index contributed by atoms with van der Waals surface area (Å²) >= 11 is 0. The van der Waals surface area contributed by atoms with E-state index in [0.29, 0.717) is 25.0 Å². The Labute approximate surface area is 138 Å². The van der Waals surface area contributed by atoms with Crippen LogP contribution in [0.5, 0.6) is 5.75 Å². The number of rotatable bonds is 7. The highest BCUT2D eigenvalue weighted by atomic mass is 127. The number of anilines is 1. The van der Waals surface area contributed by atoms with E-state index in [1.165, 1.54) is 0 Å². The number of ether oxygens (including phenoxy) is 2. The van der Waals surface area contributed by atoms with Crippen molar-refractivity contribution in [2.75, 3.05) is 32.2 Å².